The van der Waals surface area contributed by atoms with Crippen LogP contribution < -0.4 is 5.73 Å². The maximum atomic E-state index is 12.5. The number of hydrogen-bond acceptors (Lipinski definition) is 4. The van der Waals surface area contributed by atoms with Gasteiger partial charge in [0, 0.05) is 25.7 Å². The zero-order valence-electron chi connectivity index (χ0n) is 13.4. The summed E-state index contributed by atoms with van der Waals surface area (Å²) in [4.78, 5) is 14.4. The SMILES string of the molecule is C[C@H](OC[C@@H]1CCCCO1)C(=O)N1CCC[C@@H]([C@H](C)N)C1. The van der Waals surface area contributed by atoms with Gasteiger partial charge in [-0.2, -0.15) is 0 Å². The number of hydrogen-bond donors (Lipinski definition) is 1. The number of carbonyl (C=O) groups excluding carboxylic acids is 1. The average Bonchev–Trinajstić information content (AvgIpc) is 2.53. The molecule has 5 heteroatoms. The number of nitrogens with zero attached hydrogens (tertiary/aromatic N) is 1. The summed E-state index contributed by atoms with van der Waals surface area (Å²) < 4.78 is 11.4. The minimum absolute atomic E-state index is 0.0937. The van der Waals surface area contributed by atoms with E-state index in [0.29, 0.717) is 12.5 Å². The van der Waals surface area contributed by atoms with E-state index in [1.807, 2.05) is 18.7 Å². The molecule has 1 amide bonds. The molecule has 2 aliphatic rings. The summed E-state index contributed by atoms with van der Waals surface area (Å²) in [5, 5.41) is 0. The van der Waals surface area contributed by atoms with Crippen LogP contribution in [-0.2, 0) is 14.3 Å². The number of piperidine rings is 1. The second-order valence-corrected chi connectivity index (χ2v) is 6.51. The summed E-state index contributed by atoms with van der Waals surface area (Å²) in [7, 11) is 0. The maximum Gasteiger partial charge on any atom is 0.251 e. The number of amides is 1. The van der Waals surface area contributed by atoms with Crippen LogP contribution in [-0.4, -0.2) is 55.4 Å². The first-order chi connectivity index (χ1) is 10.1. The summed E-state index contributed by atoms with van der Waals surface area (Å²) in [5.74, 6) is 0.507. The van der Waals surface area contributed by atoms with Gasteiger partial charge < -0.3 is 20.1 Å². The molecule has 0 bridgehead atoms. The second-order valence-electron chi connectivity index (χ2n) is 6.51. The maximum absolute atomic E-state index is 12.5. The van der Waals surface area contributed by atoms with Crippen LogP contribution >= 0.6 is 0 Å². The number of nitrogens with two attached hydrogens (primary N) is 1. The molecule has 2 aliphatic heterocycles. The molecule has 2 N–H and O–H groups in total. The lowest BCUT2D eigenvalue weighted by Crippen LogP contribution is -2.48. The molecule has 0 radical (unpaired) electrons. The number of rotatable bonds is 5. The van der Waals surface area contributed by atoms with Gasteiger partial charge in [0.25, 0.3) is 5.91 Å². The summed E-state index contributed by atoms with van der Waals surface area (Å²) in [6.45, 7) is 6.81. The van der Waals surface area contributed by atoms with Gasteiger partial charge in [-0.15, -0.1) is 0 Å². The lowest BCUT2D eigenvalue weighted by molar-refractivity contribution is -0.148. The van der Waals surface area contributed by atoms with Crippen LogP contribution in [0.3, 0.4) is 0 Å². The fraction of sp³-hybridized carbons (Fsp3) is 0.938. The highest BCUT2D eigenvalue weighted by molar-refractivity contribution is 5.80. The van der Waals surface area contributed by atoms with Crippen LogP contribution in [0.25, 0.3) is 0 Å². The van der Waals surface area contributed by atoms with E-state index >= 15 is 0 Å². The van der Waals surface area contributed by atoms with Gasteiger partial charge in [0.2, 0.25) is 0 Å². The standard InChI is InChI=1S/C16H30N2O3/c1-12(17)14-6-5-8-18(10-14)16(19)13(2)21-11-15-7-3-4-9-20-15/h12-15H,3-11,17H2,1-2H3/t12-,13-,14+,15-/m0/s1. The van der Waals surface area contributed by atoms with Crippen LogP contribution in [0.2, 0.25) is 0 Å². The van der Waals surface area contributed by atoms with Gasteiger partial charge >= 0.3 is 0 Å². The molecular formula is C16H30N2O3. The smallest absolute Gasteiger partial charge is 0.251 e. The van der Waals surface area contributed by atoms with E-state index in [1.165, 1.54) is 6.42 Å². The van der Waals surface area contributed by atoms with E-state index < -0.39 is 0 Å². The predicted octanol–water partition coefficient (Wildman–Crippen LogP) is 1.55. The Bertz CT molecular complexity index is 329. The topological polar surface area (TPSA) is 64.8 Å². The van der Waals surface area contributed by atoms with Crippen molar-refractivity contribution in [3.05, 3.63) is 0 Å². The Morgan fingerprint density at radius 2 is 2.14 bits per heavy atom. The summed E-state index contributed by atoms with van der Waals surface area (Å²) in [5.41, 5.74) is 5.98. The Balaban J connectivity index is 1.75. The largest absolute Gasteiger partial charge is 0.376 e. The summed E-state index contributed by atoms with van der Waals surface area (Å²) in [6, 6.07) is 0.146. The Morgan fingerprint density at radius 3 is 2.81 bits per heavy atom. The van der Waals surface area contributed by atoms with Crippen LogP contribution in [0.5, 0.6) is 0 Å². The van der Waals surface area contributed by atoms with Gasteiger partial charge in [-0.05, 0) is 51.9 Å². The van der Waals surface area contributed by atoms with Crippen LogP contribution in [0.4, 0.5) is 0 Å². The highest BCUT2D eigenvalue weighted by atomic mass is 16.5. The number of likely N-dealkylation sites (tertiary alicyclic amines) is 1. The molecule has 0 aromatic rings. The average molecular weight is 298 g/mol. The van der Waals surface area contributed by atoms with E-state index in [9.17, 15) is 4.79 Å². The van der Waals surface area contributed by atoms with Crippen molar-refractivity contribution in [2.45, 2.75) is 64.2 Å². The van der Waals surface area contributed by atoms with Crippen LogP contribution in [0.1, 0.15) is 46.0 Å². The molecule has 0 unspecified atom stereocenters. The molecule has 4 atom stereocenters. The molecule has 0 aromatic heterocycles. The van der Waals surface area contributed by atoms with Crippen LogP contribution in [0, 0.1) is 5.92 Å². The van der Waals surface area contributed by atoms with Crippen LogP contribution in [0.15, 0.2) is 0 Å². The van der Waals surface area contributed by atoms with Gasteiger partial charge in [-0.25, -0.2) is 0 Å². The van der Waals surface area contributed by atoms with E-state index in [1.54, 1.807) is 0 Å². The lowest BCUT2D eigenvalue weighted by atomic mass is 9.92. The Morgan fingerprint density at radius 1 is 1.33 bits per heavy atom. The van der Waals surface area contributed by atoms with Crippen molar-refractivity contribution >= 4 is 5.91 Å². The van der Waals surface area contributed by atoms with E-state index in [4.69, 9.17) is 15.2 Å². The summed E-state index contributed by atoms with van der Waals surface area (Å²) in [6.07, 6.45) is 5.30. The van der Waals surface area contributed by atoms with Crippen molar-refractivity contribution in [3.8, 4) is 0 Å². The zero-order valence-corrected chi connectivity index (χ0v) is 13.4. The van der Waals surface area contributed by atoms with Gasteiger partial charge in [0.05, 0.1) is 12.7 Å². The third kappa shape index (κ3) is 4.94. The van der Waals surface area contributed by atoms with Gasteiger partial charge in [0.1, 0.15) is 6.10 Å². The first-order valence-corrected chi connectivity index (χ1v) is 8.35. The van der Waals surface area contributed by atoms with Crippen molar-refractivity contribution in [1.82, 2.24) is 4.90 Å². The van der Waals surface area contributed by atoms with Crippen molar-refractivity contribution in [1.29, 1.82) is 0 Å². The molecule has 122 valence electrons. The van der Waals surface area contributed by atoms with Crippen molar-refractivity contribution in [2.24, 2.45) is 11.7 Å². The molecule has 0 aromatic carbocycles. The second kappa shape index (κ2) is 8.11. The molecule has 2 fully saturated rings. The number of ether oxygens (including phenoxy) is 2. The minimum atomic E-state index is -0.387. The van der Waals surface area contributed by atoms with Gasteiger partial charge in [-0.3, -0.25) is 4.79 Å². The quantitative estimate of drug-likeness (QED) is 0.836. The lowest BCUT2D eigenvalue weighted by Gasteiger charge is -2.36. The number of carbonyl (C=O) groups is 1. The summed E-state index contributed by atoms with van der Waals surface area (Å²) >= 11 is 0. The molecule has 2 rings (SSSR count). The molecule has 21 heavy (non-hydrogen) atoms. The van der Waals surface area contributed by atoms with Crippen molar-refractivity contribution in [2.75, 3.05) is 26.3 Å². The predicted molar refractivity (Wildman–Crippen MR) is 82.0 cm³/mol. The Labute approximate surface area is 128 Å². The van der Waals surface area contributed by atoms with Crippen molar-refractivity contribution < 1.29 is 14.3 Å². The van der Waals surface area contributed by atoms with Gasteiger partial charge in [0.15, 0.2) is 0 Å². The fourth-order valence-electron chi connectivity index (χ4n) is 3.16. The fourth-order valence-corrected chi connectivity index (χ4v) is 3.16. The first kappa shape index (κ1) is 16.7. The molecule has 2 saturated heterocycles. The first-order valence-electron chi connectivity index (χ1n) is 8.35. The van der Waals surface area contributed by atoms with E-state index in [-0.39, 0.29) is 24.2 Å². The highest BCUT2D eigenvalue weighted by Gasteiger charge is 2.29. The molecular weight excluding hydrogens is 268 g/mol. The normalized spacial score (nSPS) is 30.0. The molecule has 0 spiro atoms. The molecule has 0 aliphatic carbocycles. The van der Waals surface area contributed by atoms with E-state index in [2.05, 4.69) is 0 Å². The Kier molecular flexibility index (Phi) is 6.45. The van der Waals surface area contributed by atoms with Crippen molar-refractivity contribution in [3.63, 3.8) is 0 Å². The Hall–Kier alpha value is -0.650. The minimum Gasteiger partial charge on any atom is -0.376 e. The molecule has 5 nitrogen and oxygen atoms in total. The molecule has 0 saturated carbocycles. The highest BCUT2D eigenvalue weighted by Crippen LogP contribution is 2.20. The zero-order chi connectivity index (χ0) is 15.2. The molecule has 2 heterocycles. The monoisotopic (exact) mass is 298 g/mol. The van der Waals surface area contributed by atoms with Gasteiger partial charge in [-0.1, -0.05) is 0 Å². The third-order valence-corrected chi connectivity index (χ3v) is 4.67. The third-order valence-electron chi connectivity index (χ3n) is 4.67. The van der Waals surface area contributed by atoms with E-state index in [0.717, 1.165) is 45.4 Å².